The number of aliphatic carboxylic acids is 1. The topological polar surface area (TPSA) is 92.4 Å². The zero-order chi connectivity index (χ0) is 15.3. The highest BCUT2D eigenvalue weighted by atomic mass is 32.2. The van der Waals surface area contributed by atoms with Gasteiger partial charge in [0.1, 0.15) is 6.04 Å². The maximum Gasteiger partial charge on any atom is 0.321 e. The van der Waals surface area contributed by atoms with Crippen molar-refractivity contribution in [2.75, 3.05) is 16.8 Å². The molecule has 110 valence electrons. The Kier molecular flexibility index (Phi) is 6.04. The number of nitrogens with one attached hydrogen (secondary N) is 1. The molecule has 20 heavy (non-hydrogen) atoms. The number of hydrogen-bond donors (Lipinski definition) is 3. The molecule has 0 saturated heterocycles. The summed E-state index contributed by atoms with van der Waals surface area (Å²) in [7, 11) is 0. The maximum atomic E-state index is 11.8. The van der Waals surface area contributed by atoms with Gasteiger partial charge in [-0.1, -0.05) is 17.7 Å². The van der Waals surface area contributed by atoms with Gasteiger partial charge in [0.15, 0.2) is 0 Å². The first-order valence-corrected chi connectivity index (χ1v) is 7.40. The molecule has 0 aliphatic rings. The van der Waals surface area contributed by atoms with Crippen LogP contribution in [0.15, 0.2) is 12.1 Å². The van der Waals surface area contributed by atoms with Crippen molar-refractivity contribution in [2.45, 2.75) is 26.8 Å². The zero-order valence-electron chi connectivity index (χ0n) is 11.9. The number of carboxylic acid groups (broad SMARTS) is 1. The maximum absolute atomic E-state index is 11.8. The molecule has 0 aliphatic heterocycles. The van der Waals surface area contributed by atoms with Crippen LogP contribution in [0, 0.1) is 20.8 Å². The van der Waals surface area contributed by atoms with Gasteiger partial charge < -0.3 is 16.2 Å². The first kappa shape index (κ1) is 16.5. The van der Waals surface area contributed by atoms with Gasteiger partial charge in [0.05, 0.1) is 5.75 Å². The van der Waals surface area contributed by atoms with Crippen LogP contribution >= 0.6 is 11.8 Å². The SMILES string of the molecule is Cc1cc(C)c(NC(=O)CSCC(N)C(=O)O)c(C)c1. The number of nitrogens with two attached hydrogens (primary N) is 1. The molecule has 5 nitrogen and oxygen atoms in total. The smallest absolute Gasteiger partial charge is 0.321 e. The summed E-state index contributed by atoms with van der Waals surface area (Å²) in [6.07, 6.45) is 0. The molecule has 4 N–H and O–H groups in total. The standard InChI is InChI=1S/C14H20N2O3S/c1-8-4-9(2)13(10(3)5-8)16-12(17)7-20-6-11(15)14(18)19/h4-5,11H,6-7,15H2,1-3H3,(H,16,17)(H,18,19). The second-order valence-corrected chi connectivity index (χ2v) is 5.81. The van der Waals surface area contributed by atoms with E-state index in [2.05, 4.69) is 5.32 Å². The normalized spacial score (nSPS) is 12.0. The fraction of sp³-hybridized carbons (Fsp3) is 0.429. The van der Waals surface area contributed by atoms with Gasteiger partial charge in [-0.15, -0.1) is 11.8 Å². The van der Waals surface area contributed by atoms with Gasteiger partial charge in [0.25, 0.3) is 0 Å². The van der Waals surface area contributed by atoms with Crippen molar-refractivity contribution < 1.29 is 14.7 Å². The van der Waals surface area contributed by atoms with Crippen molar-refractivity contribution in [2.24, 2.45) is 5.73 Å². The lowest BCUT2D eigenvalue weighted by Crippen LogP contribution is -2.33. The van der Waals surface area contributed by atoms with Gasteiger partial charge in [-0.2, -0.15) is 0 Å². The number of aryl methyl sites for hydroxylation is 3. The Morgan fingerprint density at radius 2 is 1.85 bits per heavy atom. The van der Waals surface area contributed by atoms with E-state index in [1.54, 1.807) is 0 Å². The van der Waals surface area contributed by atoms with Gasteiger partial charge >= 0.3 is 5.97 Å². The second kappa shape index (κ2) is 7.31. The molecule has 1 amide bonds. The molecule has 1 atom stereocenters. The summed E-state index contributed by atoms with van der Waals surface area (Å²) in [5, 5.41) is 11.5. The van der Waals surface area contributed by atoms with Crippen LogP contribution in [-0.4, -0.2) is 34.5 Å². The van der Waals surface area contributed by atoms with Gasteiger partial charge in [-0.25, -0.2) is 0 Å². The van der Waals surface area contributed by atoms with Crippen LogP contribution in [-0.2, 0) is 9.59 Å². The number of hydrogen-bond acceptors (Lipinski definition) is 4. The lowest BCUT2D eigenvalue weighted by atomic mass is 10.1. The highest BCUT2D eigenvalue weighted by molar-refractivity contribution is 8.00. The quantitative estimate of drug-likeness (QED) is 0.743. The number of anilines is 1. The Morgan fingerprint density at radius 3 is 2.35 bits per heavy atom. The third-order valence-corrected chi connectivity index (χ3v) is 3.85. The van der Waals surface area contributed by atoms with Crippen LogP contribution in [0.3, 0.4) is 0 Å². The van der Waals surface area contributed by atoms with E-state index in [9.17, 15) is 9.59 Å². The highest BCUT2D eigenvalue weighted by Gasteiger charge is 2.13. The zero-order valence-corrected chi connectivity index (χ0v) is 12.7. The van der Waals surface area contributed by atoms with Crippen LogP contribution in [0.5, 0.6) is 0 Å². The van der Waals surface area contributed by atoms with Crippen LogP contribution < -0.4 is 11.1 Å². The van der Waals surface area contributed by atoms with Crippen molar-refractivity contribution >= 4 is 29.3 Å². The predicted molar refractivity (Wildman–Crippen MR) is 82.2 cm³/mol. The highest BCUT2D eigenvalue weighted by Crippen LogP contribution is 2.22. The Morgan fingerprint density at radius 1 is 1.30 bits per heavy atom. The Bertz CT molecular complexity index is 494. The summed E-state index contributed by atoms with van der Waals surface area (Å²) < 4.78 is 0. The van der Waals surface area contributed by atoms with Crippen molar-refractivity contribution in [3.63, 3.8) is 0 Å². The van der Waals surface area contributed by atoms with Crippen molar-refractivity contribution in [3.05, 3.63) is 28.8 Å². The van der Waals surface area contributed by atoms with E-state index in [0.717, 1.165) is 22.4 Å². The molecule has 0 saturated carbocycles. The number of amides is 1. The third kappa shape index (κ3) is 4.86. The molecule has 1 aromatic rings. The Balaban J connectivity index is 2.53. The molecule has 0 heterocycles. The fourth-order valence-electron chi connectivity index (χ4n) is 1.90. The summed E-state index contributed by atoms with van der Waals surface area (Å²) in [4.78, 5) is 22.4. The number of rotatable bonds is 6. The van der Waals surface area contributed by atoms with Crippen molar-refractivity contribution in [1.82, 2.24) is 0 Å². The number of carboxylic acids is 1. The number of carbonyl (C=O) groups is 2. The van der Waals surface area contributed by atoms with E-state index in [-0.39, 0.29) is 17.4 Å². The average Bonchev–Trinajstić information content (AvgIpc) is 2.33. The lowest BCUT2D eigenvalue weighted by molar-refractivity contribution is -0.137. The first-order chi connectivity index (χ1) is 9.31. The largest absolute Gasteiger partial charge is 0.480 e. The molecular formula is C14H20N2O3S. The van der Waals surface area contributed by atoms with Crippen molar-refractivity contribution in [1.29, 1.82) is 0 Å². The molecule has 0 radical (unpaired) electrons. The Labute approximate surface area is 122 Å². The molecule has 6 heteroatoms. The molecule has 1 unspecified atom stereocenters. The predicted octanol–water partition coefficient (Wildman–Crippen LogP) is 1.70. The molecule has 0 aromatic heterocycles. The molecular weight excluding hydrogens is 276 g/mol. The average molecular weight is 296 g/mol. The summed E-state index contributed by atoms with van der Waals surface area (Å²) in [6, 6.07) is 3.09. The van der Waals surface area contributed by atoms with E-state index in [0.29, 0.717) is 0 Å². The minimum absolute atomic E-state index is 0.150. The van der Waals surface area contributed by atoms with Crippen LogP contribution in [0.25, 0.3) is 0 Å². The third-order valence-electron chi connectivity index (χ3n) is 2.79. The van der Waals surface area contributed by atoms with Gasteiger partial charge in [0.2, 0.25) is 5.91 Å². The molecule has 0 spiro atoms. The van der Waals surface area contributed by atoms with E-state index in [4.69, 9.17) is 10.8 Å². The molecule has 0 aliphatic carbocycles. The minimum atomic E-state index is -1.05. The molecule has 1 rings (SSSR count). The van der Waals surface area contributed by atoms with Gasteiger partial charge in [-0.05, 0) is 31.9 Å². The van der Waals surface area contributed by atoms with Gasteiger partial charge in [0, 0.05) is 11.4 Å². The fourth-order valence-corrected chi connectivity index (χ4v) is 2.67. The van der Waals surface area contributed by atoms with E-state index >= 15 is 0 Å². The molecule has 1 aromatic carbocycles. The summed E-state index contributed by atoms with van der Waals surface area (Å²) in [5.41, 5.74) is 9.38. The summed E-state index contributed by atoms with van der Waals surface area (Å²) >= 11 is 1.21. The van der Waals surface area contributed by atoms with Crippen LogP contribution in [0.2, 0.25) is 0 Å². The summed E-state index contributed by atoms with van der Waals surface area (Å²) in [6.45, 7) is 5.90. The minimum Gasteiger partial charge on any atom is -0.480 e. The summed E-state index contributed by atoms with van der Waals surface area (Å²) in [5.74, 6) is -0.798. The Hall–Kier alpha value is -1.53. The van der Waals surface area contributed by atoms with E-state index < -0.39 is 12.0 Å². The molecule has 0 fully saturated rings. The monoisotopic (exact) mass is 296 g/mol. The van der Waals surface area contributed by atoms with Crippen LogP contribution in [0.4, 0.5) is 5.69 Å². The second-order valence-electron chi connectivity index (χ2n) is 4.78. The lowest BCUT2D eigenvalue weighted by Gasteiger charge is -2.13. The number of thioether (sulfide) groups is 1. The first-order valence-electron chi connectivity index (χ1n) is 6.25. The van der Waals surface area contributed by atoms with E-state index in [1.807, 2.05) is 32.9 Å². The van der Waals surface area contributed by atoms with Gasteiger partial charge in [-0.3, -0.25) is 9.59 Å². The van der Waals surface area contributed by atoms with Crippen molar-refractivity contribution in [3.8, 4) is 0 Å². The number of benzene rings is 1. The molecule has 0 bridgehead atoms. The van der Waals surface area contributed by atoms with Crippen LogP contribution in [0.1, 0.15) is 16.7 Å². The van der Waals surface area contributed by atoms with E-state index in [1.165, 1.54) is 11.8 Å². The number of carbonyl (C=O) groups excluding carboxylic acids is 1.